The first kappa shape index (κ1) is 26.4. The molecule has 0 atom stereocenters. The molecule has 5 rings (SSSR count). The predicted octanol–water partition coefficient (Wildman–Crippen LogP) is 4.47. The first-order chi connectivity index (χ1) is 18.6. The Balaban J connectivity index is 1.32. The Morgan fingerprint density at radius 3 is 2.38 bits per heavy atom. The molecule has 10 heteroatoms. The number of anilines is 3. The highest BCUT2D eigenvalue weighted by Crippen LogP contribution is 2.24. The fourth-order valence-electron chi connectivity index (χ4n) is 4.57. The first-order valence-electron chi connectivity index (χ1n) is 13.3. The lowest BCUT2D eigenvalue weighted by Crippen LogP contribution is -2.49. The van der Waals surface area contributed by atoms with E-state index in [1.807, 2.05) is 18.2 Å². The lowest BCUT2D eigenvalue weighted by Gasteiger charge is -2.37. The van der Waals surface area contributed by atoms with Gasteiger partial charge in [-0.1, -0.05) is 0 Å². The molecule has 1 fully saturated rings. The number of pyridine rings is 3. The van der Waals surface area contributed by atoms with Crippen LogP contribution in [0.3, 0.4) is 0 Å². The van der Waals surface area contributed by atoms with Gasteiger partial charge in [-0.15, -0.1) is 0 Å². The van der Waals surface area contributed by atoms with Crippen LogP contribution in [0.2, 0.25) is 0 Å². The maximum absolute atomic E-state index is 13.1. The summed E-state index contributed by atoms with van der Waals surface area (Å²) in [6, 6.07) is 7.88. The highest BCUT2D eigenvalue weighted by Gasteiger charge is 2.20. The number of hydrogen-bond acceptors (Lipinski definition) is 9. The van der Waals surface area contributed by atoms with Crippen molar-refractivity contribution in [1.82, 2.24) is 29.8 Å². The molecule has 0 aromatic carbocycles. The van der Waals surface area contributed by atoms with Gasteiger partial charge in [0.2, 0.25) is 0 Å². The standard InChI is InChI=1S/C29H35N9O/c1-19(2)37-8-10-38(11-9-37)27-14-20(6-7-31-27)28(39)35-25-13-21-12-23(32-15-22(21)16-33-25)24-17-30-18-26(34-24)36-29(3,4)5/h6-7,12-19H,8-11H2,1-5H3,(H,34,36)(H,33,35,39). The molecule has 2 N–H and O–H groups in total. The summed E-state index contributed by atoms with van der Waals surface area (Å²) in [6.07, 6.45) is 8.54. The van der Waals surface area contributed by atoms with E-state index in [1.54, 1.807) is 37.1 Å². The van der Waals surface area contributed by atoms with E-state index in [0.717, 1.165) is 42.8 Å². The van der Waals surface area contributed by atoms with Crippen LogP contribution in [0.4, 0.5) is 17.5 Å². The minimum atomic E-state index is -0.229. The van der Waals surface area contributed by atoms with Crippen LogP contribution < -0.4 is 15.5 Å². The van der Waals surface area contributed by atoms with Crippen molar-refractivity contribution in [2.24, 2.45) is 0 Å². The highest BCUT2D eigenvalue weighted by atomic mass is 16.1. The van der Waals surface area contributed by atoms with Gasteiger partial charge in [0.05, 0.1) is 18.1 Å². The number of rotatable bonds is 6. The number of carbonyl (C=O) groups excluding carboxylic acids is 1. The fraction of sp³-hybridized carbons (Fsp3) is 0.379. The van der Waals surface area contributed by atoms with Gasteiger partial charge in [-0.2, -0.15) is 0 Å². The van der Waals surface area contributed by atoms with Crippen molar-refractivity contribution < 1.29 is 4.79 Å². The van der Waals surface area contributed by atoms with Crippen LogP contribution in [-0.4, -0.2) is 73.5 Å². The van der Waals surface area contributed by atoms with Crippen LogP contribution in [0.1, 0.15) is 45.0 Å². The third-order valence-corrected chi connectivity index (χ3v) is 6.62. The summed E-state index contributed by atoms with van der Waals surface area (Å²) in [7, 11) is 0. The fourth-order valence-corrected chi connectivity index (χ4v) is 4.57. The summed E-state index contributed by atoms with van der Waals surface area (Å²) in [5, 5.41) is 8.02. The number of hydrogen-bond donors (Lipinski definition) is 2. The molecular weight excluding hydrogens is 490 g/mol. The van der Waals surface area contributed by atoms with Crippen molar-refractivity contribution >= 4 is 34.1 Å². The monoisotopic (exact) mass is 525 g/mol. The number of nitrogens with one attached hydrogen (secondary N) is 2. The second-order valence-electron chi connectivity index (χ2n) is 11.1. The second kappa shape index (κ2) is 10.9. The summed E-state index contributed by atoms with van der Waals surface area (Å²) in [4.78, 5) is 40.3. The number of fused-ring (bicyclic) bond motifs is 1. The minimum Gasteiger partial charge on any atom is -0.364 e. The molecule has 0 spiro atoms. The largest absolute Gasteiger partial charge is 0.364 e. The number of piperazine rings is 1. The zero-order valence-electron chi connectivity index (χ0n) is 23.1. The number of carbonyl (C=O) groups is 1. The Morgan fingerprint density at radius 2 is 1.64 bits per heavy atom. The Hall–Kier alpha value is -4.18. The number of amides is 1. The summed E-state index contributed by atoms with van der Waals surface area (Å²) in [6.45, 7) is 14.4. The van der Waals surface area contributed by atoms with Crippen LogP contribution in [-0.2, 0) is 0 Å². The van der Waals surface area contributed by atoms with Crippen LogP contribution >= 0.6 is 0 Å². The molecule has 1 aliphatic rings. The minimum absolute atomic E-state index is 0.138. The molecule has 4 aromatic heterocycles. The van der Waals surface area contributed by atoms with E-state index < -0.39 is 0 Å². The van der Waals surface area contributed by atoms with E-state index in [1.165, 1.54) is 0 Å². The van der Waals surface area contributed by atoms with Gasteiger partial charge in [0.1, 0.15) is 23.1 Å². The normalized spacial score (nSPS) is 14.6. The molecule has 0 radical (unpaired) electrons. The van der Waals surface area contributed by atoms with E-state index in [0.29, 0.717) is 34.6 Å². The average Bonchev–Trinajstić information content (AvgIpc) is 2.92. The Bertz CT molecular complexity index is 1470. The second-order valence-corrected chi connectivity index (χ2v) is 11.1. The van der Waals surface area contributed by atoms with Gasteiger partial charge < -0.3 is 15.5 Å². The van der Waals surface area contributed by atoms with E-state index >= 15 is 0 Å². The molecule has 1 amide bonds. The molecule has 0 bridgehead atoms. The van der Waals surface area contributed by atoms with Gasteiger partial charge in [-0.3, -0.25) is 19.7 Å². The molecule has 5 heterocycles. The first-order valence-corrected chi connectivity index (χ1v) is 13.3. The van der Waals surface area contributed by atoms with Gasteiger partial charge in [0.15, 0.2) is 0 Å². The number of aromatic nitrogens is 5. The molecular formula is C29H35N9O. The zero-order chi connectivity index (χ0) is 27.6. The smallest absolute Gasteiger partial charge is 0.257 e. The highest BCUT2D eigenvalue weighted by molar-refractivity contribution is 6.05. The SMILES string of the molecule is CC(C)N1CCN(c2cc(C(=O)Nc3cc4cc(-c5cncc(NC(C)(C)C)n5)ncc4cn3)ccn2)CC1. The molecule has 10 nitrogen and oxygen atoms in total. The van der Waals surface area contributed by atoms with Crippen molar-refractivity contribution in [2.75, 3.05) is 41.7 Å². The van der Waals surface area contributed by atoms with Crippen molar-refractivity contribution in [3.63, 3.8) is 0 Å². The summed E-state index contributed by atoms with van der Waals surface area (Å²) < 4.78 is 0. The molecule has 202 valence electrons. The van der Waals surface area contributed by atoms with Crippen molar-refractivity contribution in [3.8, 4) is 11.4 Å². The molecule has 1 saturated heterocycles. The van der Waals surface area contributed by atoms with Crippen LogP contribution in [0, 0.1) is 0 Å². The third kappa shape index (κ3) is 6.46. The average molecular weight is 526 g/mol. The topological polar surface area (TPSA) is 112 Å². The van der Waals surface area contributed by atoms with Crippen molar-refractivity contribution in [1.29, 1.82) is 0 Å². The molecule has 1 aliphatic heterocycles. The van der Waals surface area contributed by atoms with E-state index in [-0.39, 0.29) is 11.4 Å². The predicted molar refractivity (Wildman–Crippen MR) is 155 cm³/mol. The quantitative estimate of drug-likeness (QED) is 0.376. The molecule has 4 aromatic rings. The van der Waals surface area contributed by atoms with E-state index in [9.17, 15) is 4.79 Å². The van der Waals surface area contributed by atoms with Crippen molar-refractivity contribution in [2.45, 2.75) is 46.2 Å². The Kier molecular flexibility index (Phi) is 7.38. The summed E-state index contributed by atoms with van der Waals surface area (Å²) in [5.41, 5.74) is 1.75. The summed E-state index contributed by atoms with van der Waals surface area (Å²) >= 11 is 0. The van der Waals surface area contributed by atoms with Crippen LogP contribution in [0.25, 0.3) is 22.2 Å². The third-order valence-electron chi connectivity index (χ3n) is 6.62. The van der Waals surface area contributed by atoms with E-state index in [4.69, 9.17) is 0 Å². The van der Waals surface area contributed by atoms with Gasteiger partial charge >= 0.3 is 0 Å². The van der Waals surface area contributed by atoms with Crippen LogP contribution in [0.5, 0.6) is 0 Å². The van der Waals surface area contributed by atoms with Gasteiger partial charge in [0.25, 0.3) is 5.91 Å². The van der Waals surface area contributed by atoms with Gasteiger partial charge in [-0.25, -0.2) is 15.0 Å². The summed E-state index contributed by atoms with van der Waals surface area (Å²) in [5.74, 6) is 1.73. The van der Waals surface area contributed by atoms with E-state index in [2.05, 4.69) is 80.0 Å². The zero-order valence-corrected chi connectivity index (χ0v) is 23.1. The molecule has 39 heavy (non-hydrogen) atoms. The van der Waals surface area contributed by atoms with Gasteiger partial charge in [-0.05, 0) is 64.3 Å². The maximum Gasteiger partial charge on any atom is 0.257 e. The lowest BCUT2D eigenvalue weighted by molar-refractivity contribution is 0.102. The Morgan fingerprint density at radius 1 is 0.872 bits per heavy atom. The Labute approximate surface area is 228 Å². The van der Waals surface area contributed by atoms with Crippen molar-refractivity contribution in [3.05, 3.63) is 60.8 Å². The maximum atomic E-state index is 13.1. The lowest BCUT2D eigenvalue weighted by atomic mass is 10.1. The molecule has 0 unspecified atom stereocenters. The molecule has 0 aliphatic carbocycles. The molecule has 0 saturated carbocycles. The van der Waals surface area contributed by atoms with Crippen LogP contribution in [0.15, 0.2) is 55.2 Å². The number of nitrogens with zero attached hydrogens (tertiary/aromatic N) is 7. The van der Waals surface area contributed by atoms with Gasteiger partial charge in [0, 0.05) is 67.3 Å².